The number of amides is 2. The fourth-order valence-electron chi connectivity index (χ4n) is 3.64. The zero-order valence-corrected chi connectivity index (χ0v) is 20.3. The Hall–Kier alpha value is -4.53. The number of hydrogen-bond acceptors (Lipinski definition) is 7. The van der Waals surface area contributed by atoms with Crippen molar-refractivity contribution in [3.63, 3.8) is 0 Å². The molecule has 36 heavy (non-hydrogen) atoms. The summed E-state index contributed by atoms with van der Waals surface area (Å²) in [6.07, 6.45) is 7.14. The number of benzene rings is 1. The number of carbonyl (C=O) groups excluding carboxylic acids is 2. The molecule has 0 bridgehead atoms. The van der Waals surface area contributed by atoms with Gasteiger partial charge in [-0.05, 0) is 50.1 Å². The summed E-state index contributed by atoms with van der Waals surface area (Å²) in [4.78, 5) is 38.0. The normalized spacial score (nSPS) is 14.5. The molecule has 1 aliphatic rings. The van der Waals surface area contributed by atoms with Gasteiger partial charge in [0, 0.05) is 54.0 Å². The number of nitrogens with zero attached hydrogens (tertiary/aromatic N) is 3. The second-order valence-electron chi connectivity index (χ2n) is 8.30. The molecule has 1 aliphatic heterocycles. The van der Waals surface area contributed by atoms with Gasteiger partial charge in [0.05, 0.1) is 13.2 Å². The Labute approximate surface area is 209 Å². The van der Waals surface area contributed by atoms with Crippen LogP contribution in [-0.4, -0.2) is 41.1 Å². The Morgan fingerprint density at radius 2 is 1.97 bits per heavy atom. The fraction of sp³-hybridized carbons (Fsp3) is 0.222. The van der Waals surface area contributed by atoms with Crippen LogP contribution in [0.4, 0.5) is 5.82 Å². The maximum Gasteiger partial charge on any atom is 0.252 e. The standard InChI is InChI=1S/C27H27N5O4/c1-17-13-20(9-11-28-17)26(33)32-24-14-21(10-12-29-24)36-23-6-4-5-22(18(23)2)27(34)31-16-19-7-8-25(35-3)30-15-19/h4-12,14-15,17H,13,16H2,1-3H3,(H,31,34)(H,29,32,33). The Balaban J connectivity index is 1.42. The lowest BCUT2D eigenvalue weighted by atomic mass is 10.0. The molecule has 2 N–H and O–H groups in total. The van der Waals surface area contributed by atoms with Crippen LogP contribution in [0.25, 0.3) is 0 Å². The lowest BCUT2D eigenvalue weighted by Gasteiger charge is -2.15. The van der Waals surface area contributed by atoms with E-state index in [1.165, 1.54) is 0 Å². The molecule has 9 heteroatoms. The Bertz CT molecular complexity index is 1320. The van der Waals surface area contributed by atoms with E-state index in [4.69, 9.17) is 9.47 Å². The number of anilines is 1. The van der Waals surface area contributed by atoms with Crippen molar-refractivity contribution in [3.8, 4) is 17.4 Å². The second kappa shape index (κ2) is 11.3. The molecule has 1 aromatic carbocycles. The SMILES string of the molecule is COc1ccc(CNC(=O)c2cccc(Oc3ccnc(NC(=O)C4=CC=NC(C)C4)c3)c2C)cn1. The first-order valence-electron chi connectivity index (χ1n) is 11.5. The predicted molar refractivity (Wildman–Crippen MR) is 137 cm³/mol. The predicted octanol–water partition coefficient (Wildman–Crippen LogP) is 4.24. The average Bonchev–Trinajstić information content (AvgIpc) is 2.89. The molecule has 184 valence electrons. The largest absolute Gasteiger partial charge is 0.481 e. The van der Waals surface area contributed by atoms with Gasteiger partial charge in [-0.1, -0.05) is 12.1 Å². The van der Waals surface area contributed by atoms with E-state index >= 15 is 0 Å². The maximum absolute atomic E-state index is 12.8. The van der Waals surface area contributed by atoms with Gasteiger partial charge < -0.3 is 20.1 Å². The number of aromatic nitrogens is 2. The molecule has 3 heterocycles. The van der Waals surface area contributed by atoms with E-state index in [9.17, 15) is 9.59 Å². The van der Waals surface area contributed by atoms with Crippen LogP contribution in [0.3, 0.4) is 0 Å². The van der Waals surface area contributed by atoms with Crippen molar-refractivity contribution >= 4 is 23.8 Å². The lowest BCUT2D eigenvalue weighted by Crippen LogP contribution is -2.23. The summed E-state index contributed by atoms with van der Waals surface area (Å²) in [5, 5.41) is 5.71. The van der Waals surface area contributed by atoms with E-state index in [1.54, 1.807) is 68.2 Å². The van der Waals surface area contributed by atoms with Gasteiger partial charge in [0.1, 0.15) is 17.3 Å². The lowest BCUT2D eigenvalue weighted by molar-refractivity contribution is -0.113. The number of hydrogen-bond donors (Lipinski definition) is 2. The number of pyridine rings is 2. The van der Waals surface area contributed by atoms with Gasteiger partial charge in [-0.2, -0.15) is 0 Å². The first-order valence-corrected chi connectivity index (χ1v) is 11.5. The first-order chi connectivity index (χ1) is 17.4. The summed E-state index contributed by atoms with van der Waals surface area (Å²) in [5.74, 6) is 1.44. The Kier molecular flexibility index (Phi) is 7.69. The topological polar surface area (TPSA) is 115 Å². The number of rotatable bonds is 8. The summed E-state index contributed by atoms with van der Waals surface area (Å²) < 4.78 is 11.1. The Morgan fingerprint density at radius 1 is 1.11 bits per heavy atom. The Morgan fingerprint density at radius 3 is 2.72 bits per heavy atom. The molecular formula is C27H27N5O4. The van der Waals surface area contributed by atoms with E-state index in [0.717, 1.165) is 5.56 Å². The van der Waals surface area contributed by atoms with Crippen molar-refractivity contribution in [3.05, 3.63) is 83.2 Å². The number of carbonyl (C=O) groups is 2. The number of ether oxygens (including phenoxy) is 2. The number of dihydropyridines is 1. The average molecular weight is 486 g/mol. The van der Waals surface area contributed by atoms with Crippen LogP contribution in [0.2, 0.25) is 0 Å². The van der Waals surface area contributed by atoms with Crippen LogP contribution in [-0.2, 0) is 11.3 Å². The van der Waals surface area contributed by atoms with Gasteiger partial charge in [-0.3, -0.25) is 14.6 Å². The highest BCUT2D eigenvalue weighted by Crippen LogP contribution is 2.28. The highest BCUT2D eigenvalue weighted by molar-refractivity contribution is 6.06. The van der Waals surface area contributed by atoms with Gasteiger partial charge in [0.15, 0.2) is 0 Å². The van der Waals surface area contributed by atoms with Crippen molar-refractivity contribution in [1.82, 2.24) is 15.3 Å². The molecule has 2 amide bonds. The summed E-state index contributed by atoms with van der Waals surface area (Å²) >= 11 is 0. The van der Waals surface area contributed by atoms with Gasteiger partial charge in [-0.25, -0.2) is 9.97 Å². The smallest absolute Gasteiger partial charge is 0.252 e. The van der Waals surface area contributed by atoms with Gasteiger partial charge in [0.25, 0.3) is 11.8 Å². The van der Waals surface area contributed by atoms with Crippen molar-refractivity contribution in [2.24, 2.45) is 4.99 Å². The molecule has 0 saturated heterocycles. The van der Waals surface area contributed by atoms with Crippen molar-refractivity contribution in [2.45, 2.75) is 32.9 Å². The molecule has 0 aliphatic carbocycles. The molecule has 0 saturated carbocycles. The third-order valence-electron chi connectivity index (χ3n) is 5.61. The zero-order chi connectivity index (χ0) is 25.5. The van der Waals surface area contributed by atoms with E-state index in [0.29, 0.717) is 52.9 Å². The molecule has 4 rings (SSSR count). The molecule has 1 unspecified atom stereocenters. The van der Waals surface area contributed by atoms with Crippen molar-refractivity contribution in [2.75, 3.05) is 12.4 Å². The van der Waals surface area contributed by atoms with Crippen LogP contribution >= 0.6 is 0 Å². The third-order valence-corrected chi connectivity index (χ3v) is 5.61. The van der Waals surface area contributed by atoms with Gasteiger partial charge in [-0.15, -0.1) is 0 Å². The van der Waals surface area contributed by atoms with Gasteiger partial charge in [0.2, 0.25) is 5.88 Å². The van der Waals surface area contributed by atoms with Crippen LogP contribution in [0, 0.1) is 6.92 Å². The molecule has 1 atom stereocenters. The summed E-state index contributed by atoms with van der Waals surface area (Å²) in [5.41, 5.74) is 2.68. The fourth-order valence-corrected chi connectivity index (χ4v) is 3.64. The van der Waals surface area contributed by atoms with E-state index < -0.39 is 0 Å². The van der Waals surface area contributed by atoms with Crippen LogP contribution < -0.4 is 20.1 Å². The number of allylic oxidation sites excluding steroid dienone is 1. The number of methoxy groups -OCH3 is 1. The summed E-state index contributed by atoms with van der Waals surface area (Å²) in [6, 6.07) is 12.3. The van der Waals surface area contributed by atoms with Crippen LogP contribution in [0.15, 0.2) is 71.5 Å². The quantitative estimate of drug-likeness (QED) is 0.493. The molecule has 0 spiro atoms. The van der Waals surface area contributed by atoms with Crippen molar-refractivity contribution < 1.29 is 19.1 Å². The highest BCUT2D eigenvalue weighted by atomic mass is 16.5. The minimum atomic E-state index is -0.227. The molecule has 0 fully saturated rings. The van der Waals surface area contributed by atoms with E-state index in [2.05, 4.69) is 25.6 Å². The minimum Gasteiger partial charge on any atom is -0.481 e. The molecule has 9 nitrogen and oxygen atoms in total. The monoisotopic (exact) mass is 485 g/mol. The third kappa shape index (κ3) is 6.12. The van der Waals surface area contributed by atoms with Gasteiger partial charge >= 0.3 is 0 Å². The zero-order valence-electron chi connectivity index (χ0n) is 20.3. The highest BCUT2D eigenvalue weighted by Gasteiger charge is 2.17. The molecule has 3 aromatic rings. The molecule has 2 aromatic heterocycles. The van der Waals surface area contributed by atoms with E-state index in [-0.39, 0.29) is 17.9 Å². The summed E-state index contributed by atoms with van der Waals surface area (Å²) in [7, 11) is 1.55. The number of nitrogens with one attached hydrogen (secondary N) is 2. The van der Waals surface area contributed by atoms with Crippen LogP contribution in [0.5, 0.6) is 17.4 Å². The minimum absolute atomic E-state index is 0.0682. The summed E-state index contributed by atoms with van der Waals surface area (Å²) in [6.45, 7) is 4.10. The van der Waals surface area contributed by atoms with E-state index in [1.807, 2.05) is 19.9 Å². The maximum atomic E-state index is 12.8. The van der Waals surface area contributed by atoms with Crippen molar-refractivity contribution in [1.29, 1.82) is 0 Å². The number of aliphatic imine (C=N–C) groups is 1. The van der Waals surface area contributed by atoms with Crippen LogP contribution in [0.1, 0.15) is 34.8 Å². The first kappa shape index (κ1) is 24.6. The second-order valence-corrected chi connectivity index (χ2v) is 8.30. The molecule has 0 radical (unpaired) electrons. The molecular weight excluding hydrogens is 458 g/mol.